The van der Waals surface area contributed by atoms with Gasteiger partial charge in [0.15, 0.2) is 0 Å². The van der Waals surface area contributed by atoms with Crippen molar-refractivity contribution < 1.29 is 13.9 Å². The summed E-state index contributed by atoms with van der Waals surface area (Å²) in [5.74, 6) is 2.52. The standard InChI is InChI=1S/C26H29FN6O2S/c1-35-24-7-5-21-25(32-24)17(19(27)11-29-21)8-9-33-12-15-2-4-20(18(15)13-33)28-10-16-3-6-22-26(30-16)31-23(34)14-36-22/h3,5-7,11,15,18,20,28H,2,4,8-10,12-14H2,1H3,(H,30,31,34)/t15-,18+,20-/m1/s1. The van der Waals surface area contributed by atoms with E-state index in [0.29, 0.717) is 64.9 Å². The van der Waals surface area contributed by atoms with Crippen LogP contribution in [0.25, 0.3) is 11.0 Å². The van der Waals surface area contributed by atoms with Crippen molar-refractivity contribution in [2.75, 3.05) is 37.8 Å². The maximum atomic E-state index is 14.7. The van der Waals surface area contributed by atoms with Gasteiger partial charge in [-0.15, -0.1) is 11.8 Å². The molecule has 3 aromatic heterocycles. The first kappa shape index (κ1) is 23.6. The van der Waals surface area contributed by atoms with Crippen molar-refractivity contribution in [1.82, 2.24) is 25.2 Å². The fourth-order valence-electron chi connectivity index (χ4n) is 5.83. The number of nitrogens with one attached hydrogen (secondary N) is 2. The number of nitrogens with zero attached hydrogens (tertiary/aromatic N) is 4. The van der Waals surface area contributed by atoms with Crippen LogP contribution in [-0.2, 0) is 17.8 Å². The minimum atomic E-state index is -0.311. The number of fused-ring (bicyclic) bond motifs is 3. The van der Waals surface area contributed by atoms with Crippen LogP contribution in [0, 0.1) is 17.7 Å². The molecule has 1 aliphatic carbocycles. The van der Waals surface area contributed by atoms with E-state index in [4.69, 9.17) is 4.74 Å². The molecule has 2 N–H and O–H groups in total. The molecule has 2 aliphatic heterocycles. The Labute approximate surface area is 213 Å². The van der Waals surface area contributed by atoms with Gasteiger partial charge in [-0.25, -0.2) is 14.4 Å². The van der Waals surface area contributed by atoms with Gasteiger partial charge in [-0.05, 0) is 49.3 Å². The fourth-order valence-corrected chi connectivity index (χ4v) is 6.59. The van der Waals surface area contributed by atoms with Crippen LogP contribution in [0.2, 0.25) is 0 Å². The molecule has 1 amide bonds. The van der Waals surface area contributed by atoms with Crippen molar-refractivity contribution in [2.45, 2.75) is 36.7 Å². The van der Waals surface area contributed by atoms with Gasteiger partial charge in [-0.1, -0.05) is 0 Å². The quantitative estimate of drug-likeness (QED) is 0.503. The second-order valence-corrected chi connectivity index (χ2v) is 10.8. The van der Waals surface area contributed by atoms with Gasteiger partial charge in [0.2, 0.25) is 11.8 Å². The Kier molecular flexibility index (Phi) is 6.49. The summed E-state index contributed by atoms with van der Waals surface area (Å²) in [5, 5.41) is 6.60. The van der Waals surface area contributed by atoms with E-state index in [-0.39, 0.29) is 11.7 Å². The van der Waals surface area contributed by atoms with Crippen molar-refractivity contribution in [3.05, 3.63) is 47.5 Å². The molecule has 0 spiro atoms. The number of carbonyl (C=O) groups excluding carboxylic acids is 1. The molecule has 1 saturated heterocycles. The number of amides is 1. The summed E-state index contributed by atoms with van der Waals surface area (Å²) in [6, 6.07) is 8.10. The minimum Gasteiger partial charge on any atom is -0.481 e. The normalized spacial score (nSPS) is 23.5. The van der Waals surface area contributed by atoms with Crippen molar-refractivity contribution >= 4 is 34.5 Å². The van der Waals surface area contributed by atoms with E-state index < -0.39 is 0 Å². The molecule has 0 unspecified atom stereocenters. The van der Waals surface area contributed by atoms with Gasteiger partial charge in [-0.3, -0.25) is 9.78 Å². The summed E-state index contributed by atoms with van der Waals surface area (Å²) in [7, 11) is 1.56. The molecule has 3 atom stereocenters. The molecule has 2 fully saturated rings. The van der Waals surface area contributed by atoms with E-state index in [0.717, 1.165) is 36.6 Å². The predicted molar refractivity (Wildman–Crippen MR) is 137 cm³/mol. The molecule has 188 valence electrons. The van der Waals surface area contributed by atoms with Gasteiger partial charge in [0.1, 0.15) is 11.6 Å². The summed E-state index contributed by atoms with van der Waals surface area (Å²) < 4.78 is 19.9. The smallest absolute Gasteiger partial charge is 0.235 e. The third-order valence-electron chi connectivity index (χ3n) is 7.64. The molecular formula is C26H29FN6O2S. The Hall–Kier alpha value is -2.82. The largest absolute Gasteiger partial charge is 0.481 e. The second kappa shape index (κ2) is 9.91. The third-order valence-corrected chi connectivity index (χ3v) is 8.68. The Balaban J connectivity index is 1.07. The number of carbonyl (C=O) groups is 1. The topological polar surface area (TPSA) is 92.3 Å². The molecule has 36 heavy (non-hydrogen) atoms. The first-order chi connectivity index (χ1) is 17.6. The molecule has 8 nitrogen and oxygen atoms in total. The third kappa shape index (κ3) is 4.65. The maximum absolute atomic E-state index is 14.7. The Morgan fingerprint density at radius 2 is 2.14 bits per heavy atom. The van der Waals surface area contributed by atoms with Gasteiger partial charge in [-0.2, -0.15) is 0 Å². The van der Waals surface area contributed by atoms with Crippen LogP contribution in [0.4, 0.5) is 10.2 Å². The number of hydrogen-bond acceptors (Lipinski definition) is 8. The Bertz CT molecular complexity index is 1310. The van der Waals surface area contributed by atoms with E-state index in [2.05, 4.69) is 30.5 Å². The van der Waals surface area contributed by atoms with Crippen LogP contribution in [0.3, 0.4) is 0 Å². The number of thioether (sulfide) groups is 1. The molecule has 6 rings (SSSR count). The Morgan fingerprint density at radius 1 is 1.22 bits per heavy atom. The summed E-state index contributed by atoms with van der Waals surface area (Å²) in [5.41, 5.74) is 2.82. The van der Waals surface area contributed by atoms with Gasteiger partial charge in [0.05, 0.1) is 40.7 Å². The van der Waals surface area contributed by atoms with E-state index in [9.17, 15) is 9.18 Å². The van der Waals surface area contributed by atoms with Gasteiger partial charge < -0.3 is 20.3 Å². The van der Waals surface area contributed by atoms with Crippen molar-refractivity contribution in [3.63, 3.8) is 0 Å². The number of ether oxygens (including phenoxy) is 1. The highest BCUT2D eigenvalue weighted by Crippen LogP contribution is 2.38. The average Bonchev–Trinajstić information content (AvgIpc) is 3.47. The highest BCUT2D eigenvalue weighted by Gasteiger charge is 2.42. The summed E-state index contributed by atoms with van der Waals surface area (Å²) in [4.78, 5) is 28.5. The first-order valence-electron chi connectivity index (χ1n) is 12.4. The van der Waals surface area contributed by atoms with Crippen LogP contribution in [0.1, 0.15) is 24.1 Å². The number of methoxy groups -OCH3 is 1. The lowest BCUT2D eigenvalue weighted by molar-refractivity contribution is -0.113. The zero-order valence-electron chi connectivity index (χ0n) is 20.2. The summed E-state index contributed by atoms with van der Waals surface area (Å²) in [6.45, 7) is 3.53. The van der Waals surface area contributed by atoms with Crippen LogP contribution in [0.5, 0.6) is 5.88 Å². The second-order valence-electron chi connectivity index (χ2n) is 9.79. The van der Waals surface area contributed by atoms with E-state index in [1.165, 1.54) is 24.4 Å². The highest BCUT2D eigenvalue weighted by molar-refractivity contribution is 8.00. The lowest BCUT2D eigenvalue weighted by Crippen LogP contribution is -2.36. The number of rotatable bonds is 7. The number of anilines is 1. The van der Waals surface area contributed by atoms with Crippen LogP contribution >= 0.6 is 11.8 Å². The lowest BCUT2D eigenvalue weighted by Gasteiger charge is -2.22. The van der Waals surface area contributed by atoms with Crippen LogP contribution in [0.15, 0.2) is 35.4 Å². The number of aromatic nitrogens is 3. The van der Waals surface area contributed by atoms with Crippen molar-refractivity contribution in [2.24, 2.45) is 11.8 Å². The monoisotopic (exact) mass is 508 g/mol. The molecule has 0 aromatic carbocycles. The molecule has 0 bridgehead atoms. The van der Waals surface area contributed by atoms with Crippen LogP contribution in [-0.4, -0.2) is 64.3 Å². The molecule has 5 heterocycles. The van der Waals surface area contributed by atoms with Crippen molar-refractivity contribution in [1.29, 1.82) is 0 Å². The van der Waals surface area contributed by atoms with Crippen LogP contribution < -0.4 is 15.4 Å². The first-order valence-corrected chi connectivity index (χ1v) is 13.4. The maximum Gasteiger partial charge on any atom is 0.235 e. The van der Waals surface area contributed by atoms with Gasteiger partial charge in [0, 0.05) is 43.9 Å². The number of halogens is 1. The number of pyridine rings is 3. The predicted octanol–water partition coefficient (Wildman–Crippen LogP) is 3.26. The average molecular weight is 509 g/mol. The minimum absolute atomic E-state index is 0.00403. The van der Waals surface area contributed by atoms with Crippen molar-refractivity contribution in [3.8, 4) is 5.88 Å². The summed E-state index contributed by atoms with van der Waals surface area (Å²) in [6.07, 6.45) is 4.25. The molecule has 3 aliphatic rings. The van der Waals surface area contributed by atoms with E-state index in [1.54, 1.807) is 13.2 Å². The summed E-state index contributed by atoms with van der Waals surface area (Å²) >= 11 is 1.53. The molecular weight excluding hydrogens is 479 g/mol. The molecule has 10 heteroatoms. The fraction of sp³-hybridized carbons (Fsp3) is 0.462. The number of hydrogen-bond donors (Lipinski definition) is 2. The van der Waals surface area contributed by atoms with Gasteiger partial charge in [0.25, 0.3) is 0 Å². The van der Waals surface area contributed by atoms with E-state index >= 15 is 0 Å². The molecule has 1 saturated carbocycles. The zero-order valence-corrected chi connectivity index (χ0v) is 21.0. The Morgan fingerprint density at radius 3 is 3.03 bits per heavy atom. The van der Waals surface area contributed by atoms with Gasteiger partial charge >= 0.3 is 0 Å². The zero-order chi connectivity index (χ0) is 24.6. The lowest BCUT2D eigenvalue weighted by atomic mass is 9.98. The number of likely N-dealkylation sites (tertiary alicyclic amines) is 1. The SMILES string of the molecule is COc1ccc2ncc(F)c(CCN3C[C@H]4CC[C@@H](NCc5ccc6c(n5)NC(=O)CS6)[C@H]4C3)c2n1. The molecule has 3 aromatic rings. The highest BCUT2D eigenvalue weighted by atomic mass is 32.2. The molecule has 0 radical (unpaired) electrons. The van der Waals surface area contributed by atoms with E-state index in [1.807, 2.05) is 18.2 Å².